The van der Waals surface area contributed by atoms with Crippen LogP contribution in [0.3, 0.4) is 0 Å². The first-order chi connectivity index (χ1) is 15.5. The molecule has 1 amide bonds. The summed E-state index contributed by atoms with van der Waals surface area (Å²) in [5.41, 5.74) is 2.20. The molecular weight excluding hydrogens is 404 g/mol. The van der Waals surface area contributed by atoms with E-state index >= 15 is 0 Å². The van der Waals surface area contributed by atoms with Crippen LogP contribution in [-0.2, 0) is 16.0 Å². The Hall–Kier alpha value is -2.25. The Kier molecular flexibility index (Phi) is 9.23. The predicted molar refractivity (Wildman–Crippen MR) is 125 cm³/mol. The van der Waals surface area contributed by atoms with Crippen molar-refractivity contribution in [2.75, 3.05) is 32.8 Å². The summed E-state index contributed by atoms with van der Waals surface area (Å²) in [5.74, 6) is 2.13. The van der Waals surface area contributed by atoms with Crippen molar-refractivity contribution in [1.82, 2.24) is 20.4 Å². The lowest BCUT2D eigenvalue weighted by Gasteiger charge is -2.38. The molecule has 1 aliphatic rings. The van der Waals surface area contributed by atoms with Gasteiger partial charge in [0, 0.05) is 44.1 Å². The molecule has 2 aromatic rings. The highest BCUT2D eigenvalue weighted by Gasteiger charge is 2.27. The Bertz CT molecular complexity index is 824. The normalized spacial score (nSPS) is 15.9. The zero-order valence-electron chi connectivity index (χ0n) is 20.0. The average molecular weight is 443 g/mol. The molecule has 1 aliphatic heterocycles. The minimum Gasteiger partial charge on any atom is -0.379 e. The van der Waals surface area contributed by atoms with Gasteiger partial charge in [0.1, 0.15) is 0 Å². The fourth-order valence-electron chi connectivity index (χ4n) is 4.35. The van der Waals surface area contributed by atoms with Gasteiger partial charge >= 0.3 is 0 Å². The van der Waals surface area contributed by atoms with Crippen LogP contribution < -0.4 is 5.32 Å². The number of ether oxygens (including phenoxy) is 1. The number of hydrogen-bond acceptors (Lipinski definition) is 6. The van der Waals surface area contributed by atoms with Crippen molar-refractivity contribution >= 4 is 5.91 Å². The second kappa shape index (κ2) is 12.1. The minimum atomic E-state index is 0.0234. The van der Waals surface area contributed by atoms with E-state index in [2.05, 4.69) is 60.2 Å². The van der Waals surface area contributed by atoms with Gasteiger partial charge in [-0.15, -0.1) is 0 Å². The SMILES string of the molecule is CCC(CC)C(CNC(=O)CCc1nc(-c2ccc(C(C)C)cc2)no1)N1CCOCC1. The van der Waals surface area contributed by atoms with Crippen molar-refractivity contribution in [3.05, 3.63) is 35.7 Å². The average Bonchev–Trinajstić information content (AvgIpc) is 3.30. The third-order valence-electron chi connectivity index (χ3n) is 6.49. The monoisotopic (exact) mass is 442 g/mol. The van der Waals surface area contributed by atoms with E-state index in [9.17, 15) is 4.79 Å². The second-order valence-electron chi connectivity index (χ2n) is 8.88. The van der Waals surface area contributed by atoms with Crippen LogP contribution in [0, 0.1) is 5.92 Å². The van der Waals surface area contributed by atoms with Crippen LogP contribution in [0.1, 0.15) is 64.3 Å². The second-order valence-corrected chi connectivity index (χ2v) is 8.88. The third kappa shape index (κ3) is 6.62. The Morgan fingerprint density at radius 1 is 1.12 bits per heavy atom. The number of nitrogens with zero attached hydrogens (tertiary/aromatic N) is 3. The topological polar surface area (TPSA) is 80.5 Å². The smallest absolute Gasteiger partial charge is 0.227 e. The van der Waals surface area contributed by atoms with Gasteiger partial charge in [-0.2, -0.15) is 4.98 Å². The van der Waals surface area contributed by atoms with E-state index < -0.39 is 0 Å². The molecule has 1 aromatic heterocycles. The number of carbonyl (C=O) groups excluding carboxylic acids is 1. The van der Waals surface area contributed by atoms with Crippen molar-refractivity contribution < 1.29 is 14.1 Å². The number of aryl methyl sites for hydroxylation is 1. The van der Waals surface area contributed by atoms with E-state index in [-0.39, 0.29) is 5.91 Å². The lowest BCUT2D eigenvalue weighted by atomic mass is 9.92. The fourth-order valence-corrected chi connectivity index (χ4v) is 4.35. The lowest BCUT2D eigenvalue weighted by molar-refractivity contribution is -0.121. The predicted octanol–water partition coefficient (Wildman–Crippen LogP) is 4.05. The van der Waals surface area contributed by atoms with Gasteiger partial charge in [-0.3, -0.25) is 9.69 Å². The van der Waals surface area contributed by atoms with Crippen LogP contribution in [-0.4, -0.2) is 59.8 Å². The summed E-state index contributed by atoms with van der Waals surface area (Å²) in [4.78, 5) is 19.5. The molecule has 32 heavy (non-hydrogen) atoms. The minimum absolute atomic E-state index is 0.0234. The summed E-state index contributed by atoms with van der Waals surface area (Å²) >= 11 is 0. The molecular formula is C25H38N4O3. The largest absolute Gasteiger partial charge is 0.379 e. The van der Waals surface area contributed by atoms with E-state index in [1.54, 1.807) is 0 Å². The zero-order chi connectivity index (χ0) is 22.9. The number of rotatable bonds is 11. The van der Waals surface area contributed by atoms with Crippen LogP contribution in [0.15, 0.2) is 28.8 Å². The van der Waals surface area contributed by atoms with Crippen LogP contribution in [0.4, 0.5) is 0 Å². The van der Waals surface area contributed by atoms with Gasteiger partial charge in [-0.1, -0.05) is 70.0 Å². The van der Waals surface area contributed by atoms with Crippen molar-refractivity contribution in [2.45, 2.75) is 65.3 Å². The number of nitrogens with one attached hydrogen (secondary N) is 1. The van der Waals surface area contributed by atoms with E-state index in [4.69, 9.17) is 9.26 Å². The molecule has 1 fully saturated rings. The number of morpholine rings is 1. The molecule has 0 radical (unpaired) electrons. The first-order valence-electron chi connectivity index (χ1n) is 12.0. The first kappa shape index (κ1) is 24.4. The van der Waals surface area contributed by atoms with E-state index in [1.807, 2.05) is 12.1 Å². The van der Waals surface area contributed by atoms with Crippen molar-refractivity contribution in [3.8, 4) is 11.4 Å². The lowest BCUT2D eigenvalue weighted by Crippen LogP contribution is -2.52. The molecule has 0 spiro atoms. The van der Waals surface area contributed by atoms with Gasteiger partial charge in [0.25, 0.3) is 0 Å². The van der Waals surface area contributed by atoms with Crippen molar-refractivity contribution in [1.29, 1.82) is 0 Å². The molecule has 7 heteroatoms. The molecule has 1 aromatic carbocycles. The standard InChI is InChI=1S/C25H38N4O3/c1-5-19(6-2)22(29-13-15-31-16-14-29)17-26-23(30)11-12-24-27-25(28-32-24)21-9-7-20(8-10-21)18(3)4/h7-10,18-19,22H,5-6,11-17H2,1-4H3,(H,26,30). The highest BCUT2D eigenvalue weighted by atomic mass is 16.5. The maximum atomic E-state index is 12.5. The van der Waals surface area contributed by atoms with Crippen LogP contribution in [0.2, 0.25) is 0 Å². The number of amides is 1. The highest BCUT2D eigenvalue weighted by Crippen LogP contribution is 2.21. The van der Waals surface area contributed by atoms with E-state index in [0.717, 1.165) is 44.7 Å². The molecule has 0 saturated carbocycles. The number of carbonyl (C=O) groups is 1. The molecule has 0 bridgehead atoms. The molecule has 0 aliphatic carbocycles. The van der Waals surface area contributed by atoms with Crippen molar-refractivity contribution in [3.63, 3.8) is 0 Å². The molecule has 2 heterocycles. The Balaban J connectivity index is 1.50. The zero-order valence-corrected chi connectivity index (χ0v) is 20.0. The summed E-state index contributed by atoms with van der Waals surface area (Å²) in [5, 5.41) is 7.23. The summed E-state index contributed by atoms with van der Waals surface area (Å²) in [6.45, 7) is 12.9. The third-order valence-corrected chi connectivity index (χ3v) is 6.49. The molecule has 1 N–H and O–H groups in total. The maximum absolute atomic E-state index is 12.5. The Morgan fingerprint density at radius 2 is 1.81 bits per heavy atom. The summed E-state index contributed by atoms with van der Waals surface area (Å²) in [7, 11) is 0. The van der Waals surface area contributed by atoms with Gasteiger partial charge in [0.2, 0.25) is 17.6 Å². The molecule has 7 nitrogen and oxygen atoms in total. The summed E-state index contributed by atoms with van der Waals surface area (Å²) in [6.07, 6.45) is 3.00. The molecule has 1 saturated heterocycles. The van der Waals surface area contributed by atoms with Gasteiger partial charge in [-0.25, -0.2) is 0 Å². The molecule has 1 unspecified atom stereocenters. The van der Waals surface area contributed by atoms with Gasteiger partial charge in [0.15, 0.2) is 0 Å². The number of benzene rings is 1. The van der Waals surface area contributed by atoms with Gasteiger partial charge in [-0.05, 0) is 17.4 Å². The van der Waals surface area contributed by atoms with E-state index in [1.165, 1.54) is 5.56 Å². The molecule has 176 valence electrons. The van der Waals surface area contributed by atoms with E-state index in [0.29, 0.717) is 49.0 Å². The Morgan fingerprint density at radius 3 is 2.44 bits per heavy atom. The summed E-state index contributed by atoms with van der Waals surface area (Å²) in [6, 6.07) is 8.56. The van der Waals surface area contributed by atoms with Gasteiger partial charge < -0.3 is 14.6 Å². The van der Waals surface area contributed by atoms with Crippen LogP contribution >= 0.6 is 0 Å². The molecule has 1 atom stereocenters. The number of aromatic nitrogens is 2. The number of hydrogen-bond donors (Lipinski definition) is 1. The fraction of sp³-hybridized carbons (Fsp3) is 0.640. The molecule has 3 rings (SSSR count). The van der Waals surface area contributed by atoms with Crippen molar-refractivity contribution in [2.24, 2.45) is 5.92 Å². The first-order valence-corrected chi connectivity index (χ1v) is 12.0. The highest BCUT2D eigenvalue weighted by molar-refractivity contribution is 5.76. The Labute approximate surface area is 191 Å². The van der Waals surface area contributed by atoms with Gasteiger partial charge in [0.05, 0.1) is 13.2 Å². The maximum Gasteiger partial charge on any atom is 0.227 e. The summed E-state index contributed by atoms with van der Waals surface area (Å²) < 4.78 is 10.9. The quantitative estimate of drug-likeness (QED) is 0.566. The van der Waals surface area contributed by atoms with Crippen LogP contribution in [0.5, 0.6) is 0 Å². The van der Waals surface area contributed by atoms with Crippen LogP contribution in [0.25, 0.3) is 11.4 Å².